The minimum atomic E-state index is -0.595. The molecule has 0 aliphatic heterocycles. The monoisotopic (exact) mass is 596 g/mol. The SMILES string of the molecule is CCCCc1nc(C)n(Cc2csc3ccc(Cl)cc23)c(=O)c1Cc1ccc(-c2ccccc2-c2noc(=O)[nH]2)cc1. The summed E-state index contributed by atoms with van der Waals surface area (Å²) in [5.74, 6) is 0.503. The molecule has 0 fully saturated rings. The molecule has 0 aliphatic carbocycles. The fourth-order valence-electron chi connectivity index (χ4n) is 5.31. The number of aromatic amines is 1. The number of nitrogens with zero attached hydrogens (tertiary/aromatic N) is 3. The summed E-state index contributed by atoms with van der Waals surface area (Å²) in [4.78, 5) is 33.2. The molecule has 3 aromatic carbocycles. The van der Waals surface area contributed by atoms with Crippen molar-refractivity contribution in [2.24, 2.45) is 0 Å². The Kier molecular flexibility index (Phi) is 7.91. The van der Waals surface area contributed by atoms with Gasteiger partial charge >= 0.3 is 5.76 Å². The van der Waals surface area contributed by atoms with E-state index in [9.17, 15) is 9.59 Å². The number of hydrogen-bond acceptors (Lipinski definition) is 6. The number of benzene rings is 3. The first-order valence-electron chi connectivity index (χ1n) is 13.9. The summed E-state index contributed by atoms with van der Waals surface area (Å²) in [6.07, 6.45) is 3.24. The number of thiophene rings is 1. The van der Waals surface area contributed by atoms with Crippen molar-refractivity contribution in [3.63, 3.8) is 0 Å². The Morgan fingerprint density at radius 3 is 2.55 bits per heavy atom. The van der Waals surface area contributed by atoms with Gasteiger partial charge < -0.3 is 0 Å². The van der Waals surface area contributed by atoms with Crippen LogP contribution in [0.3, 0.4) is 0 Å². The van der Waals surface area contributed by atoms with Crippen molar-refractivity contribution in [3.8, 4) is 22.5 Å². The Labute approximate surface area is 251 Å². The molecule has 1 N–H and O–H groups in total. The molecule has 0 aliphatic rings. The first kappa shape index (κ1) is 27.9. The number of nitrogens with one attached hydrogen (secondary N) is 1. The van der Waals surface area contributed by atoms with E-state index in [1.54, 1.807) is 15.9 Å². The summed E-state index contributed by atoms with van der Waals surface area (Å²) in [6.45, 7) is 4.50. The molecule has 6 aromatic rings. The van der Waals surface area contributed by atoms with Crippen molar-refractivity contribution >= 4 is 33.0 Å². The van der Waals surface area contributed by atoms with Crippen LogP contribution in [0.5, 0.6) is 0 Å². The van der Waals surface area contributed by atoms with E-state index in [-0.39, 0.29) is 5.56 Å². The van der Waals surface area contributed by atoms with Gasteiger partial charge in [0.1, 0.15) is 5.82 Å². The van der Waals surface area contributed by atoms with Crippen LogP contribution < -0.4 is 11.3 Å². The summed E-state index contributed by atoms with van der Waals surface area (Å²) in [6, 6.07) is 21.7. The van der Waals surface area contributed by atoms with Gasteiger partial charge in [0.05, 0.1) is 12.2 Å². The van der Waals surface area contributed by atoms with Crippen molar-refractivity contribution in [2.75, 3.05) is 0 Å². The first-order valence-corrected chi connectivity index (χ1v) is 15.2. The molecule has 0 amide bonds. The largest absolute Gasteiger partial charge is 0.439 e. The fraction of sp³-hybridized carbons (Fsp3) is 0.212. The third-order valence-electron chi connectivity index (χ3n) is 7.52. The summed E-state index contributed by atoms with van der Waals surface area (Å²) in [5, 5.41) is 7.71. The molecule has 3 heterocycles. The van der Waals surface area contributed by atoms with Crippen LogP contribution in [0.2, 0.25) is 5.02 Å². The van der Waals surface area contributed by atoms with Gasteiger partial charge in [-0.05, 0) is 71.0 Å². The molecule has 6 rings (SSSR count). The van der Waals surface area contributed by atoms with Crippen LogP contribution >= 0.6 is 22.9 Å². The van der Waals surface area contributed by atoms with E-state index in [2.05, 4.69) is 22.4 Å². The van der Waals surface area contributed by atoms with Crippen LogP contribution in [0.4, 0.5) is 0 Å². The maximum Gasteiger partial charge on any atom is 0.439 e. The number of aromatic nitrogens is 4. The number of unbranched alkanes of at least 4 members (excludes halogenated alkanes) is 1. The standard InChI is InChI=1S/C33H29ClN4O3S/c1-3-4-9-29-28(32(39)38(20(2)35-29)18-23-19-42-30-15-14-24(34)17-27(23)30)16-21-10-12-22(13-11-21)25-7-5-6-8-26(25)31-36-33(40)41-37-31/h5-8,10-15,17,19H,3-4,9,16,18H2,1-2H3,(H,36,37,40). The zero-order valence-corrected chi connectivity index (χ0v) is 24.9. The van der Waals surface area contributed by atoms with E-state index in [1.165, 1.54) is 0 Å². The molecule has 0 saturated heterocycles. The average molecular weight is 597 g/mol. The Morgan fingerprint density at radius 1 is 1.02 bits per heavy atom. The quantitative estimate of drug-likeness (QED) is 0.187. The lowest BCUT2D eigenvalue weighted by Crippen LogP contribution is -2.29. The predicted molar refractivity (Wildman–Crippen MR) is 169 cm³/mol. The van der Waals surface area contributed by atoms with Crippen LogP contribution in [0.1, 0.15) is 48.0 Å². The second kappa shape index (κ2) is 11.9. The summed E-state index contributed by atoms with van der Waals surface area (Å²) in [5.41, 5.74) is 6.34. The molecular weight excluding hydrogens is 568 g/mol. The van der Waals surface area contributed by atoms with E-state index < -0.39 is 5.76 Å². The zero-order valence-electron chi connectivity index (χ0n) is 23.3. The third kappa shape index (κ3) is 5.60. The number of halogens is 1. The summed E-state index contributed by atoms with van der Waals surface area (Å²) < 4.78 is 7.65. The smallest absolute Gasteiger partial charge is 0.296 e. The van der Waals surface area contributed by atoms with Crippen molar-refractivity contribution in [2.45, 2.75) is 46.1 Å². The fourth-order valence-corrected chi connectivity index (χ4v) is 6.42. The van der Waals surface area contributed by atoms with Gasteiger partial charge in [-0.1, -0.05) is 78.6 Å². The van der Waals surface area contributed by atoms with Crippen LogP contribution in [-0.2, 0) is 19.4 Å². The maximum absolute atomic E-state index is 14.1. The molecule has 42 heavy (non-hydrogen) atoms. The van der Waals surface area contributed by atoms with Crippen molar-refractivity contribution in [1.29, 1.82) is 0 Å². The van der Waals surface area contributed by atoms with E-state index in [0.717, 1.165) is 68.4 Å². The van der Waals surface area contributed by atoms with E-state index in [1.807, 2.05) is 73.7 Å². The molecule has 0 bridgehead atoms. The minimum absolute atomic E-state index is 0.000565. The topological polar surface area (TPSA) is 93.8 Å². The highest BCUT2D eigenvalue weighted by molar-refractivity contribution is 7.17. The van der Waals surface area contributed by atoms with Gasteiger partial charge in [0.2, 0.25) is 0 Å². The van der Waals surface area contributed by atoms with Crippen LogP contribution in [-0.4, -0.2) is 19.7 Å². The summed E-state index contributed by atoms with van der Waals surface area (Å²) in [7, 11) is 0. The molecule has 0 radical (unpaired) electrons. The van der Waals surface area contributed by atoms with Crippen molar-refractivity contribution < 1.29 is 4.52 Å². The molecule has 0 atom stereocenters. The highest BCUT2D eigenvalue weighted by atomic mass is 35.5. The van der Waals surface area contributed by atoms with E-state index >= 15 is 0 Å². The molecule has 9 heteroatoms. The first-order chi connectivity index (χ1) is 20.4. The lowest BCUT2D eigenvalue weighted by molar-refractivity contribution is 0.388. The number of fused-ring (bicyclic) bond motifs is 1. The Hall–Kier alpha value is -4.27. The van der Waals surface area contributed by atoms with Gasteiger partial charge in [-0.25, -0.2) is 9.78 Å². The lowest BCUT2D eigenvalue weighted by Gasteiger charge is -2.16. The predicted octanol–water partition coefficient (Wildman–Crippen LogP) is 7.41. The Balaban J connectivity index is 1.34. The second-order valence-electron chi connectivity index (χ2n) is 10.3. The van der Waals surface area contributed by atoms with Gasteiger partial charge in [0.15, 0.2) is 5.82 Å². The molecule has 0 saturated carbocycles. The van der Waals surface area contributed by atoms with Gasteiger partial charge in [0.25, 0.3) is 5.56 Å². The van der Waals surface area contributed by atoms with Crippen LogP contribution in [0.25, 0.3) is 32.6 Å². The molecule has 7 nitrogen and oxygen atoms in total. The highest BCUT2D eigenvalue weighted by Gasteiger charge is 2.17. The molecular formula is C33H29ClN4O3S. The molecule has 3 aromatic heterocycles. The van der Waals surface area contributed by atoms with Crippen LogP contribution in [0.15, 0.2) is 86.2 Å². The van der Waals surface area contributed by atoms with Gasteiger partial charge in [-0.15, -0.1) is 11.3 Å². The van der Waals surface area contributed by atoms with Gasteiger partial charge in [0, 0.05) is 27.3 Å². The lowest BCUT2D eigenvalue weighted by atomic mass is 9.96. The zero-order chi connectivity index (χ0) is 29.2. The number of H-pyrrole nitrogens is 1. The normalized spacial score (nSPS) is 11.4. The second-order valence-corrected chi connectivity index (χ2v) is 11.7. The minimum Gasteiger partial charge on any atom is -0.296 e. The molecule has 212 valence electrons. The van der Waals surface area contributed by atoms with Crippen molar-refractivity contribution in [1.82, 2.24) is 19.7 Å². The molecule has 0 spiro atoms. The van der Waals surface area contributed by atoms with Crippen LogP contribution in [0, 0.1) is 6.92 Å². The number of rotatable bonds is 9. The van der Waals surface area contributed by atoms with Crippen molar-refractivity contribution in [3.05, 3.63) is 126 Å². The maximum atomic E-state index is 14.1. The number of hydrogen-bond donors (Lipinski definition) is 1. The Morgan fingerprint density at radius 2 is 1.81 bits per heavy atom. The highest BCUT2D eigenvalue weighted by Crippen LogP contribution is 2.31. The van der Waals surface area contributed by atoms with E-state index in [0.29, 0.717) is 29.6 Å². The van der Waals surface area contributed by atoms with Gasteiger partial charge in [-0.2, -0.15) is 0 Å². The van der Waals surface area contributed by atoms with E-state index in [4.69, 9.17) is 21.1 Å². The van der Waals surface area contributed by atoms with Gasteiger partial charge in [-0.3, -0.25) is 18.9 Å². The average Bonchev–Trinajstić information content (AvgIpc) is 3.61. The molecule has 0 unspecified atom stereocenters. The summed E-state index contributed by atoms with van der Waals surface area (Å²) >= 11 is 7.95. The number of aryl methyl sites for hydroxylation is 2. The Bertz CT molecular complexity index is 2000. The third-order valence-corrected chi connectivity index (χ3v) is 8.77.